The van der Waals surface area contributed by atoms with E-state index in [0.717, 1.165) is 94.4 Å². The molecule has 4 aromatic rings. The number of rotatable bonds is 12. The summed E-state index contributed by atoms with van der Waals surface area (Å²) in [7, 11) is 0. The van der Waals surface area contributed by atoms with E-state index in [1.165, 1.54) is 25.7 Å². The Morgan fingerprint density at radius 2 is 1.02 bits per heavy atom. The van der Waals surface area contributed by atoms with Crippen LogP contribution in [0.4, 0.5) is 32.6 Å². The molecule has 0 radical (unpaired) electrons. The van der Waals surface area contributed by atoms with Gasteiger partial charge in [0.1, 0.15) is 22.8 Å². The van der Waals surface area contributed by atoms with E-state index >= 15 is 0 Å². The smallest absolute Gasteiger partial charge is 0.319 e. The maximum absolute atomic E-state index is 11.8. The second-order valence-electron chi connectivity index (χ2n) is 19.1. The number of benzene rings is 2. The fourth-order valence-electron chi connectivity index (χ4n) is 9.64. The van der Waals surface area contributed by atoms with E-state index in [4.69, 9.17) is 38.9 Å². The van der Waals surface area contributed by atoms with E-state index in [9.17, 15) is 9.59 Å². The van der Waals surface area contributed by atoms with Crippen LogP contribution in [0.3, 0.4) is 0 Å². The Labute approximate surface area is 388 Å². The zero-order chi connectivity index (χ0) is 46.0. The molecule has 2 saturated heterocycles. The number of morpholine rings is 2. The number of aromatic nitrogens is 4. The molecule has 4 atom stereocenters. The van der Waals surface area contributed by atoms with Gasteiger partial charge in [-0.1, -0.05) is 25.7 Å². The number of anilines is 4. The van der Waals surface area contributed by atoms with Gasteiger partial charge < -0.3 is 50.0 Å². The van der Waals surface area contributed by atoms with Gasteiger partial charge in [0.15, 0.2) is 11.6 Å². The van der Waals surface area contributed by atoms with Crippen LogP contribution in [-0.2, 0) is 43.4 Å². The average molecular weight is 903 g/mol. The van der Waals surface area contributed by atoms with Crippen LogP contribution < -0.4 is 31.1 Å². The first-order valence-corrected chi connectivity index (χ1v) is 24.0. The highest BCUT2D eigenvalue weighted by atomic mass is 16.5. The summed E-state index contributed by atoms with van der Waals surface area (Å²) in [6, 6.07) is 15.5. The highest BCUT2D eigenvalue weighted by Gasteiger charge is 2.46. The molecule has 2 aliphatic carbocycles. The maximum Gasteiger partial charge on any atom is 0.319 e. The average Bonchev–Trinajstić information content (AvgIpc) is 4.25. The molecule has 66 heavy (non-hydrogen) atoms. The summed E-state index contributed by atoms with van der Waals surface area (Å²) in [6.45, 7) is 19.1. The number of hydrogen-bond acceptors (Lipinski definition) is 12. The zero-order valence-electron chi connectivity index (χ0n) is 39.4. The Morgan fingerprint density at radius 3 is 1.36 bits per heavy atom. The molecule has 6 aliphatic rings. The van der Waals surface area contributed by atoms with Crippen LogP contribution in [0.25, 0.3) is 22.8 Å². The van der Waals surface area contributed by atoms with Crippen LogP contribution in [0.2, 0.25) is 0 Å². The quantitative estimate of drug-likeness (QED) is 0.108. The van der Waals surface area contributed by atoms with Crippen LogP contribution >= 0.6 is 0 Å². The lowest BCUT2D eigenvalue weighted by atomic mass is 9.93. The topological polar surface area (TPSA) is 177 Å². The number of fused-ring (bicyclic) bond motifs is 2. The molecule has 16 nitrogen and oxygen atoms in total. The van der Waals surface area contributed by atoms with Gasteiger partial charge >= 0.3 is 12.1 Å². The SMILES string of the molecule is CCNC(=O)Nc1ccc(-c2nc(N3CCOC[C@@H]3C)c3c(n2)[C@@](C)(CC2CC2)OC3)cc1.CCNC(=O)Nc1ccc(-c2nc(N3CCOC[C@@H]3C)c3c(n2)[C@](C)(CC2CC2)OC3)cc1. The lowest BCUT2D eigenvalue weighted by molar-refractivity contribution is -0.0358. The van der Waals surface area contributed by atoms with Crippen LogP contribution in [0.1, 0.15) is 103 Å². The van der Waals surface area contributed by atoms with Gasteiger partial charge in [0, 0.05) is 59.8 Å². The van der Waals surface area contributed by atoms with Gasteiger partial charge in [-0.3, -0.25) is 0 Å². The van der Waals surface area contributed by atoms with E-state index in [1.807, 2.05) is 62.4 Å². The zero-order valence-corrected chi connectivity index (χ0v) is 39.4. The molecule has 0 bridgehead atoms. The van der Waals surface area contributed by atoms with Crippen LogP contribution in [0.15, 0.2) is 48.5 Å². The molecule has 4 amide bonds. The number of carbonyl (C=O) groups is 2. The molecule has 0 spiro atoms. The minimum Gasteiger partial charge on any atom is -0.377 e. The van der Waals surface area contributed by atoms with Crippen molar-refractivity contribution in [2.75, 3.05) is 73.0 Å². The van der Waals surface area contributed by atoms with E-state index in [0.29, 0.717) is 64.4 Å². The Hall–Kier alpha value is -5.42. The summed E-state index contributed by atoms with van der Waals surface area (Å²) < 4.78 is 24.1. The van der Waals surface area contributed by atoms with Gasteiger partial charge in [-0.25, -0.2) is 29.5 Å². The summed E-state index contributed by atoms with van der Waals surface area (Å²) in [5, 5.41) is 11.2. The number of amides is 4. The Morgan fingerprint density at radius 1 is 0.621 bits per heavy atom. The molecule has 4 N–H and O–H groups in total. The predicted molar refractivity (Wildman–Crippen MR) is 255 cm³/mol. The van der Waals surface area contributed by atoms with Crippen molar-refractivity contribution in [2.24, 2.45) is 11.8 Å². The largest absolute Gasteiger partial charge is 0.377 e. The number of nitrogens with zero attached hydrogens (tertiary/aromatic N) is 6. The van der Waals surface area contributed by atoms with Crippen molar-refractivity contribution in [1.29, 1.82) is 0 Å². The highest BCUT2D eigenvalue weighted by molar-refractivity contribution is 5.90. The van der Waals surface area contributed by atoms with Gasteiger partial charge in [0.05, 0.1) is 63.1 Å². The van der Waals surface area contributed by atoms with E-state index < -0.39 is 0 Å². The van der Waals surface area contributed by atoms with E-state index in [-0.39, 0.29) is 35.3 Å². The second-order valence-corrected chi connectivity index (χ2v) is 19.1. The number of nitrogens with one attached hydrogen (secondary N) is 4. The number of hydrogen-bond donors (Lipinski definition) is 4. The molecule has 2 aromatic heterocycles. The summed E-state index contributed by atoms with van der Waals surface area (Å²) in [5.41, 5.74) is 6.83. The van der Waals surface area contributed by atoms with Crippen molar-refractivity contribution in [3.8, 4) is 22.8 Å². The second kappa shape index (κ2) is 19.4. The fourth-order valence-corrected chi connectivity index (χ4v) is 9.64. The molecular formula is C50H66N10O6. The number of carbonyl (C=O) groups excluding carboxylic acids is 2. The molecular weight excluding hydrogens is 837 g/mol. The van der Waals surface area contributed by atoms with Crippen molar-refractivity contribution < 1.29 is 28.5 Å². The third-order valence-electron chi connectivity index (χ3n) is 13.5. The summed E-state index contributed by atoms with van der Waals surface area (Å²) in [6.07, 6.45) is 7.12. The summed E-state index contributed by atoms with van der Waals surface area (Å²) >= 11 is 0. The van der Waals surface area contributed by atoms with Gasteiger partial charge in [-0.05, 0) is 115 Å². The van der Waals surface area contributed by atoms with Gasteiger partial charge in [-0.2, -0.15) is 0 Å². The molecule has 6 heterocycles. The minimum absolute atomic E-state index is 0.212. The molecule has 352 valence electrons. The monoisotopic (exact) mass is 903 g/mol. The van der Waals surface area contributed by atoms with E-state index in [2.05, 4.69) is 58.8 Å². The molecule has 2 aromatic carbocycles. The van der Waals surface area contributed by atoms with E-state index in [1.54, 1.807) is 0 Å². The van der Waals surface area contributed by atoms with Crippen LogP contribution in [0, 0.1) is 11.8 Å². The van der Waals surface area contributed by atoms with Crippen molar-refractivity contribution >= 4 is 35.1 Å². The molecule has 4 fully saturated rings. The molecule has 10 rings (SSSR count). The van der Waals surface area contributed by atoms with Crippen molar-refractivity contribution in [3.05, 3.63) is 71.0 Å². The van der Waals surface area contributed by atoms with Gasteiger partial charge in [0.2, 0.25) is 0 Å². The Kier molecular flexibility index (Phi) is 13.5. The molecule has 4 aliphatic heterocycles. The summed E-state index contributed by atoms with van der Waals surface area (Å²) in [4.78, 5) is 48.6. The van der Waals surface area contributed by atoms with Gasteiger partial charge in [-0.15, -0.1) is 0 Å². The van der Waals surface area contributed by atoms with Crippen molar-refractivity contribution in [2.45, 2.75) is 117 Å². The lowest BCUT2D eigenvalue weighted by Crippen LogP contribution is -2.44. The number of ether oxygens (including phenoxy) is 4. The van der Waals surface area contributed by atoms with Crippen molar-refractivity contribution in [1.82, 2.24) is 30.6 Å². The lowest BCUT2D eigenvalue weighted by Gasteiger charge is -2.35. The Bertz CT molecular complexity index is 2210. The normalized spacial score (nSPS) is 24.5. The third-order valence-corrected chi connectivity index (χ3v) is 13.5. The third kappa shape index (κ3) is 10.1. The first-order chi connectivity index (χ1) is 31.9. The van der Waals surface area contributed by atoms with Crippen LogP contribution in [0.5, 0.6) is 0 Å². The molecule has 16 heteroatoms. The minimum atomic E-state index is -0.377. The fraction of sp³-hybridized carbons (Fsp3) is 0.560. The maximum atomic E-state index is 11.8. The molecule has 0 unspecified atom stereocenters. The molecule has 2 saturated carbocycles. The summed E-state index contributed by atoms with van der Waals surface area (Å²) in [5.74, 6) is 4.78. The van der Waals surface area contributed by atoms with Crippen molar-refractivity contribution in [3.63, 3.8) is 0 Å². The number of urea groups is 2. The van der Waals surface area contributed by atoms with Crippen LogP contribution in [-0.4, -0.2) is 96.7 Å². The first-order valence-electron chi connectivity index (χ1n) is 24.0. The first kappa shape index (κ1) is 45.7. The van der Waals surface area contributed by atoms with Gasteiger partial charge in [0.25, 0.3) is 0 Å². The highest BCUT2D eigenvalue weighted by Crippen LogP contribution is 2.50. The predicted octanol–water partition coefficient (Wildman–Crippen LogP) is 8.11. The standard InChI is InChI=1S/2C25H33N5O3/c2*1-4-26-24(31)27-19-9-7-18(8-10-19)22-28-21-20(15-33-25(21,3)13-17-5-6-17)23(29-22)30-11-12-32-14-16(30)2/h2*7-10,16-17H,4-6,11-15H2,1-3H3,(H2,26,27,31)/t16-,25+;16-,25-/m00/s1. The Balaban J connectivity index is 0.000000166.